The zero-order valence-electron chi connectivity index (χ0n) is 13.1. The number of amides is 1. The Labute approximate surface area is 130 Å². The molecule has 0 aromatic heterocycles. The molecule has 1 aliphatic carbocycles. The molecule has 0 aromatic rings. The minimum absolute atomic E-state index is 0.0166. The molecular formula is C16H25NO5. The number of aliphatic hydroxyl groups is 2. The maximum Gasteiger partial charge on any atom is 0.302 e. The average molecular weight is 311 g/mol. The molecular weight excluding hydrogens is 286 g/mol. The molecule has 2 fully saturated rings. The van der Waals surface area contributed by atoms with Crippen molar-refractivity contribution < 1.29 is 24.5 Å². The van der Waals surface area contributed by atoms with Crippen LogP contribution in [0.3, 0.4) is 0 Å². The molecule has 0 unspecified atom stereocenters. The van der Waals surface area contributed by atoms with E-state index in [4.69, 9.17) is 4.74 Å². The van der Waals surface area contributed by atoms with E-state index < -0.39 is 10.8 Å². The maximum atomic E-state index is 12.5. The minimum atomic E-state index is -0.395. The van der Waals surface area contributed by atoms with Crippen molar-refractivity contribution in [1.29, 1.82) is 0 Å². The second-order valence-electron chi connectivity index (χ2n) is 6.59. The summed E-state index contributed by atoms with van der Waals surface area (Å²) in [6.07, 6.45) is 2.92. The Bertz CT molecular complexity index is 457. The van der Waals surface area contributed by atoms with E-state index >= 15 is 0 Å². The summed E-state index contributed by atoms with van der Waals surface area (Å²) in [7, 11) is 0. The van der Waals surface area contributed by atoms with Crippen LogP contribution in [0.2, 0.25) is 0 Å². The summed E-state index contributed by atoms with van der Waals surface area (Å²) in [6, 6.07) is 0. The lowest BCUT2D eigenvalue weighted by Crippen LogP contribution is -2.41. The van der Waals surface area contributed by atoms with Crippen LogP contribution in [0, 0.1) is 10.8 Å². The van der Waals surface area contributed by atoms with Gasteiger partial charge in [0.1, 0.15) is 0 Å². The van der Waals surface area contributed by atoms with Gasteiger partial charge in [-0.3, -0.25) is 9.59 Å². The molecule has 1 amide bonds. The van der Waals surface area contributed by atoms with Crippen molar-refractivity contribution in [1.82, 2.24) is 4.90 Å². The maximum absolute atomic E-state index is 12.5. The second kappa shape index (κ2) is 6.38. The van der Waals surface area contributed by atoms with Crippen molar-refractivity contribution in [3.05, 3.63) is 12.2 Å². The van der Waals surface area contributed by atoms with E-state index in [9.17, 15) is 19.8 Å². The highest BCUT2D eigenvalue weighted by atomic mass is 16.5. The lowest BCUT2D eigenvalue weighted by atomic mass is 9.69. The lowest BCUT2D eigenvalue weighted by molar-refractivity contribution is -0.141. The van der Waals surface area contributed by atoms with Crippen LogP contribution in [0.25, 0.3) is 0 Å². The van der Waals surface area contributed by atoms with Crippen molar-refractivity contribution in [2.75, 3.05) is 32.9 Å². The second-order valence-corrected chi connectivity index (χ2v) is 6.59. The number of nitrogens with zero attached hydrogens (tertiary/aromatic N) is 1. The van der Waals surface area contributed by atoms with Gasteiger partial charge in [0.15, 0.2) is 0 Å². The Morgan fingerprint density at radius 2 is 1.73 bits per heavy atom. The Kier molecular flexibility index (Phi) is 4.92. The summed E-state index contributed by atoms with van der Waals surface area (Å²) in [5.41, 5.74) is -0.399. The quantitative estimate of drug-likeness (QED) is 0.550. The number of ether oxygens (including phenoxy) is 1. The highest BCUT2D eigenvalue weighted by molar-refractivity contribution is 5.93. The Morgan fingerprint density at radius 1 is 1.18 bits per heavy atom. The molecule has 124 valence electrons. The Morgan fingerprint density at radius 3 is 2.18 bits per heavy atom. The molecule has 0 bridgehead atoms. The molecule has 2 rings (SSSR count). The van der Waals surface area contributed by atoms with Gasteiger partial charge >= 0.3 is 5.97 Å². The first-order chi connectivity index (χ1) is 10.4. The number of rotatable bonds is 6. The van der Waals surface area contributed by atoms with Gasteiger partial charge in [-0.15, -0.1) is 0 Å². The van der Waals surface area contributed by atoms with E-state index in [0.29, 0.717) is 25.1 Å². The molecule has 6 heteroatoms. The number of carbonyl (C=O) groups is 2. The third-order valence-corrected chi connectivity index (χ3v) is 5.33. The molecule has 2 aliphatic rings. The molecule has 22 heavy (non-hydrogen) atoms. The smallest absolute Gasteiger partial charge is 0.302 e. The Balaban J connectivity index is 2.01. The lowest BCUT2D eigenvalue weighted by Gasteiger charge is -2.36. The monoisotopic (exact) mass is 311 g/mol. The van der Waals surface area contributed by atoms with Crippen LogP contribution < -0.4 is 0 Å². The van der Waals surface area contributed by atoms with Gasteiger partial charge in [0.25, 0.3) is 0 Å². The molecule has 6 nitrogen and oxygen atoms in total. The van der Waals surface area contributed by atoms with Crippen LogP contribution in [0.1, 0.15) is 32.6 Å². The first-order valence-electron chi connectivity index (χ1n) is 7.72. The predicted molar refractivity (Wildman–Crippen MR) is 79.9 cm³/mol. The van der Waals surface area contributed by atoms with Crippen molar-refractivity contribution in [2.45, 2.75) is 32.6 Å². The summed E-state index contributed by atoms with van der Waals surface area (Å²) in [6.45, 7) is 6.12. The largest absolute Gasteiger partial charge is 0.466 e. The van der Waals surface area contributed by atoms with Gasteiger partial charge in [-0.05, 0) is 12.8 Å². The predicted octanol–water partition coefficient (Wildman–Crippen LogP) is 0.479. The van der Waals surface area contributed by atoms with Gasteiger partial charge in [0.2, 0.25) is 5.91 Å². The van der Waals surface area contributed by atoms with Gasteiger partial charge < -0.3 is 19.8 Å². The number of carbonyl (C=O) groups excluding carboxylic acids is 2. The summed E-state index contributed by atoms with van der Waals surface area (Å²) in [5, 5.41) is 19.7. The average Bonchev–Trinajstić information content (AvgIpc) is 2.98. The van der Waals surface area contributed by atoms with Crippen molar-refractivity contribution in [2.24, 2.45) is 10.8 Å². The molecule has 2 atom stereocenters. The zero-order valence-corrected chi connectivity index (χ0v) is 13.1. The van der Waals surface area contributed by atoms with E-state index in [-0.39, 0.29) is 31.7 Å². The minimum Gasteiger partial charge on any atom is -0.466 e. The molecule has 1 heterocycles. The van der Waals surface area contributed by atoms with Gasteiger partial charge in [-0.25, -0.2) is 0 Å². The van der Waals surface area contributed by atoms with E-state index in [0.717, 1.165) is 19.3 Å². The molecule has 0 aromatic carbocycles. The van der Waals surface area contributed by atoms with Crippen molar-refractivity contribution in [3.63, 3.8) is 0 Å². The number of aliphatic hydroxyl groups excluding tert-OH is 2. The van der Waals surface area contributed by atoms with Crippen LogP contribution in [-0.2, 0) is 14.3 Å². The molecule has 1 saturated heterocycles. The van der Waals surface area contributed by atoms with Crippen LogP contribution in [-0.4, -0.2) is 59.9 Å². The first-order valence-corrected chi connectivity index (χ1v) is 7.72. The number of esters is 1. The molecule has 2 N–H and O–H groups in total. The highest BCUT2D eigenvalue weighted by Crippen LogP contribution is 2.57. The van der Waals surface area contributed by atoms with Crippen molar-refractivity contribution in [3.8, 4) is 0 Å². The summed E-state index contributed by atoms with van der Waals surface area (Å²) in [5.74, 6) is -0.559. The molecule has 1 aliphatic heterocycles. The van der Waals surface area contributed by atoms with E-state index in [1.807, 2.05) is 0 Å². The molecule has 1 saturated carbocycles. The summed E-state index contributed by atoms with van der Waals surface area (Å²) in [4.78, 5) is 24.9. The van der Waals surface area contributed by atoms with E-state index in [1.165, 1.54) is 6.92 Å². The fraction of sp³-hybridized carbons (Fsp3) is 0.750. The molecule has 0 spiro atoms. The fourth-order valence-corrected chi connectivity index (χ4v) is 3.96. The van der Waals surface area contributed by atoms with Gasteiger partial charge in [-0.2, -0.15) is 0 Å². The Hall–Kier alpha value is -1.40. The third-order valence-electron chi connectivity index (χ3n) is 5.33. The zero-order chi connectivity index (χ0) is 16.4. The SMILES string of the molecule is C=C(CCOC(C)=O)C(=O)N1C[C@]2(CO)CCC[C@]2(CO)C1. The van der Waals surface area contributed by atoms with Crippen LogP contribution in [0.15, 0.2) is 12.2 Å². The molecule has 0 radical (unpaired) electrons. The third kappa shape index (κ3) is 2.77. The topological polar surface area (TPSA) is 87.1 Å². The number of hydrogen-bond donors (Lipinski definition) is 2. The van der Waals surface area contributed by atoms with Crippen LogP contribution in [0.4, 0.5) is 0 Å². The summed E-state index contributed by atoms with van der Waals surface area (Å²) < 4.78 is 4.83. The normalized spacial score (nSPS) is 30.2. The fourth-order valence-electron chi connectivity index (χ4n) is 3.96. The van der Waals surface area contributed by atoms with Gasteiger partial charge in [0, 0.05) is 42.8 Å². The van der Waals surface area contributed by atoms with E-state index in [2.05, 4.69) is 6.58 Å². The van der Waals surface area contributed by atoms with Crippen molar-refractivity contribution >= 4 is 11.9 Å². The number of fused-ring (bicyclic) bond motifs is 1. The highest BCUT2D eigenvalue weighted by Gasteiger charge is 2.60. The number of hydrogen-bond acceptors (Lipinski definition) is 5. The standard InChI is InChI=1S/C16H25NO5/c1-12(4-7-22-13(2)20)14(21)17-8-15(10-18)5-3-6-16(15,9-17)11-19/h18-19H,1,3-11H2,2H3/t15-,16+. The van der Waals surface area contributed by atoms with Crippen LogP contribution >= 0.6 is 0 Å². The first kappa shape index (κ1) is 17.0. The van der Waals surface area contributed by atoms with Gasteiger partial charge in [-0.1, -0.05) is 13.0 Å². The van der Waals surface area contributed by atoms with Crippen LogP contribution in [0.5, 0.6) is 0 Å². The summed E-state index contributed by atoms with van der Waals surface area (Å²) >= 11 is 0. The van der Waals surface area contributed by atoms with Gasteiger partial charge in [0.05, 0.1) is 19.8 Å². The number of likely N-dealkylation sites (tertiary alicyclic amines) is 1. The van der Waals surface area contributed by atoms with E-state index in [1.54, 1.807) is 4.90 Å².